The number of ketones is 1. The van der Waals surface area contributed by atoms with Crippen LogP contribution in [0, 0.1) is 5.82 Å². The smallest absolute Gasteiger partial charge is 0.164 e. The lowest BCUT2D eigenvalue weighted by Gasteiger charge is -2.26. The zero-order chi connectivity index (χ0) is 19.9. The minimum Gasteiger partial charge on any atom is -0.315 e. The van der Waals surface area contributed by atoms with E-state index in [-0.39, 0.29) is 35.2 Å². The van der Waals surface area contributed by atoms with Gasteiger partial charge in [0.1, 0.15) is 5.82 Å². The van der Waals surface area contributed by atoms with Crippen LogP contribution in [0.1, 0.15) is 22.8 Å². The summed E-state index contributed by atoms with van der Waals surface area (Å²) in [7, 11) is -3.13. The van der Waals surface area contributed by atoms with Gasteiger partial charge in [-0.2, -0.15) is 0 Å². The largest absolute Gasteiger partial charge is 0.315 e. The molecular formula is C20H19FN2O3S2. The van der Waals surface area contributed by atoms with Crippen LogP contribution in [0.3, 0.4) is 0 Å². The van der Waals surface area contributed by atoms with E-state index >= 15 is 0 Å². The molecule has 2 atom stereocenters. The first-order chi connectivity index (χ1) is 13.3. The van der Waals surface area contributed by atoms with Gasteiger partial charge in [-0.1, -0.05) is 36.0 Å². The quantitative estimate of drug-likeness (QED) is 0.713. The second-order valence-corrected chi connectivity index (χ2v) is 10.1. The third-order valence-corrected chi connectivity index (χ3v) is 7.66. The van der Waals surface area contributed by atoms with Crippen molar-refractivity contribution < 1.29 is 17.6 Å². The molecule has 1 saturated heterocycles. The van der Waals surface area contributed by atoms with Gasteiger partial charge in [-0.15, -0.1) is 0 Å². The van der Waals surface area contributed by atoms with Crippen molar-refractivity contribution in [2.75, 3.05) is 16.4 Å². The number of nitrogens with zero attached hydrogens (tertiary/aromatic N) is 2. The molecule has 4 rings (SSSR count). The van der Waals surface area contributed by atoms with Crippen LogP contribution in [0.2, 0.25) is 0 Å². The Kier molecular flexibility index (Phi) is 5.01. The molecule has 28 heavy (non-hydrogen) atoms. The summed E-state index contributed by atoms with van der Waals surface area (Å²) in [6, 6.07) is 12.9. The van der Waals surface area contributed by atoms with Crippen LogP contribution in [0.5, 0.6) is 0 Å². The molecule has 0 amide bonds. The van der Waals surface area contributed by atoms with Gasteiger partial charge in [-0.05, 0) is 36.8 Å². The Bertz CT molecular complexity index is 1050. The summed E-state index contributed by atoms with van der Waals surface area (Å²) in [4.78, 5) is 18.4. The second kappa shape index (κ2) is 7.33. The normalized spacial score (nSPS) is 22.8. The Morgan fingerprint density at radius 1 is 1.21 bits per heavy atom. The molecule has 0 radical (unpaired) electrons. The number of amidine groups is 1. The predicted molar refractivity (Wildman–Crippen MR) is 110 cm³/mol. The van der Waals surface area contributed by atoms with Gasteiger partial charge in [0.15, 0.2) is 20.8 Å². The van der Waals surface area contributed by atoms with Crippen molar-refractivity contribution in [1.82, 2.24) is 0 Å². The van der Waals surface area contributed by atoms with Gasteiger partial charge in [-0.3, -0.25) is 9.79 Å². The highest BCUT2D eigenvalue weighted by molar-refractivity contribution is 8.13. The molecule has 0 bridgehead atoms. The van der Waals surface area contributed by atoms with Gasteiger partial charge >= 0.3 is 0 Å². The van der Waals surface area contributed by atoms with E-state index in [9.17, 15) is 17.6 Å². The lowest BCUT2D eigenvalue weighted by molar-refractivity contribution is 0.101. The number of aliphatic imine (C=N–C) groups is 1. The van der Waals surface area contributed by atoms with Crippen LogP contribution in [-0.4, -0.2) is 43.0 Å². The summed E-state index contributed by atoms with van der Waals surface area (Å²) in [6.45, 7) is 1.50. The van der Waals surface area contributed by atoms with E-state index in [4.69, 9.17) is 0 Å². The zero-order valence-electron chi connectivity index (χ0n) is 15.2. The Hall–Kier alpha value is -2.19. The van der Waals surface area contributed by atoms with E-state index in [2.05, 4.69) is 4.99 Å². The maximum atomic E-state index is 13.1. The summed E-state index contributed by atoms with van der Waals surface area (Å²) in [5.41, 5.74) is 2.29. The van der Waals surface area contributed by atoms with Crippen molar-refractivity contribution in [3.05, 3.63) is 65.5 Å². The third-order valence-electron chi connectivity index (χ3n) is 4.92. The molecule has 1 fully saturated rings. The molecule has 2 aliphatic heterocycles. The van der Waals surface area contributed by atoms with Gasteiger partial charge in [0.2, 0.25) is 0 Å². The van der Waals surface area contributed by atoms with E-state index in [0.717, 1.165) is 16.4 Å². The van der Waals surface area contributed by atoms with Crippen molar-refractivity contribution >= 4 is 38.2 Å². The highest BCUT2D eigenvalue weighted by Crippen LogP contribution is 2.36. The Labute approximate surface area is 167 Å². The van der Waals surface area contributed by atoms with E-state index in [1.165, 1.54) is 30.8 Å². The molecule has 2 heterocycles. The van der Waals surface area contributed by atoms with E-state index < -0.39 is 9.84 Å². The lowest BCUT2D eigenvalue weighted by Crippen LogP contribution is -2.39. The number of Topliss-reactive ketones (excluding diaryl/α,β-unsaturated/α-hetero) is 1. The second-order valence-electron chi connectivity index (χ2n) is 7.01. The molecule has 2 aromatic carbocycles. The number of thioether (sulfide) groups is 1. The number of hydrogen-bond acceptors (Lipinski definition) is 6. The standard InChI is InChI=1S/C20H19FN2O3S2/c1-13(24)15-3-2-4-17(9-15)23-19-12-28(25,26)11-18(19)22-20(23)27-10-14-5-7-16(21)8-6-14/h2-9,18-19H,10-12H2,1H3. The number of halogens is 1. The van der Waals surface area contributed by atoms with Crippen molar-refractivity contribution in [1.29, 1.82) is 0 Å². The number of sulfone groups is 1. The Morgan fingerprint density at radius 2 is 1.96 bits per heavy atom. The first-order valence-corrected chi connectivity index (χ1v) is 11.7. The molecule has 2 aliphatic rings. The molecule has 2 aromatic rings. The van der Waals surface area contributed by atoms with Gasteiger partial charge in [-0.25, -0.2) is 12.8 Å². The third kappa shape index (κ3) is 3.84. The number of rotatable bonds is 4. The molecule has 146 valence electrons. The van der Waals surface area contributed by atoms with Crippen LogP contribution in [0.15, 0.2) is 53.5 Å². The number of fused-ring (bicyclic) bond motifs is 1. The number of hydrogen-bond donors (Lipinski definition) is 0. The molecule has 0 spiro atoms. The monoisotopic (exact) mass is 418 g/mol. The topological polar surface area (TPSA) is 66.8 Å². The van der Waals surface area contributed by atoms with Crippen molar-refractivity contribution in [2.45, 2.75) is 24.8 Å². The maximum absolute atomic E-state index is 13.1. The molecular weight excluding hydrogens is 399 g/mol. The van der Waals surface area contributed by atoms with Gasteiger partial charge in [0.05, 0.1) is 23.6 Å². The fourth-order valence-corrected chi connectivity index (χ4v) is 6.46. The molecule has 8 heteroatoms. The molecule has 5 nitrogen and oxygen atoms in total. The summed E-state index contributed by atoms with van der Waals surface area (Å²) in [5.74, 6) is 0.352. The summed E-state index contributed by atoms with van der Waals surface area (Å²) in [5, 5.41) is 0.731. The molecule has 0 aliphatic carbocycles. The van der Waals surface area contributed by atoms with Crippen LogP contribution in [0.4, 0.5) is 10.1 Å². The zero-order valence-corrected chi connectivity index (χ0v) is 16.8. The fraction of sp³-hybridized carbons (Fsp3) is 0.300. The minimum atomic E-state index is -3.13. The lowest BCUT2D eigenvalue weighted by atomic mass is 10.1. The molecule has 0 saturated carbocycles. The average Bonchev–Trinajstić information content (AvgIpc) is 3.12. The van der Waals surface area contributed by atoms with Crippen LogP contribution < -0.4 is 4.90 Å². The van der Waals surface area contributed by atoms with Crippen molar-refractivity contribution in [2.24, 2.45) is 4.99 Å². The number of anilines is 1. The average molecular weight is 419 g/mol. The molecule has 0 aromatic heterocycles. The number of benzene rings is 2. The van der Waals surface area contributed by atoms with E-state index in [0.29, 0.717) is 11.3 Å². The Balaban J connectivity index is 1.64. The summed E-state index contributed by atoms with van der Waals surface area (Å²) < 4.78 is 37.4. The predicted octanol–water partition coefficient (Wildman–Crippen LogP) is 3.30. The molecule has 2 unspecified atom stereocenters. The van der Waals surface area contributed by atoms with Crippen LogP contribution in [-0.2, 0) is 15.6 Å². The van der Waals surface area contributed by atoms with Gasteiger partial charge in [0, 0.05) is 17.0 Å². The van der Waals surface area contributed by atoms with Crippen molar-refractivity contribution in [3.63, 3.8) is 0 Å². The number of carbonyl (C=O) groups excluding carboxylic acids is 1. The van der Waals surface area contributed by atoms with Crippen LogP contribution >= 0.6 is 11.8 Å². The Morgan fingerprint density at radius 3 is 2.68 bits per heavy atom. The first-order valence-electron chi connectivity index (χ1n) is 8.88. The van der Waals surface area contributed by atoms with Crippen LogP contribution in [0.25, 0.3) is 0 Å². The highest BCUT2D eigenvalue weighted by atomic mass is 32.2. The SMILES string of the molecule is CC(=O)c1cccc(N2C(SCc3ccc(F)cc3)=NC3CS(=O)(=O)CC32)c1. The number of carbonyl (C=O) groups is 1. The minimum absolute atomic E-state index is 0.0428. The van der Waals surface area contributed by atoms with Gasteiger partial charge < -0.3 is 4.90 Å². The summed E-state index contributed by atoms with van der Waals surface area (Å²) >= 11 is 1.49. The maximum Gasteiger partial charge on any atom is 0.164 e. The van der Waals surface area contributed by atoms with Crippen molar-refractivity contribution in [3.8, 4) is 0 Å². The van der Waals surface area contributed by atoms with E-state index in [1.54, 1.807) is 30.3 Å². The van der Waals surface area contributed by atoms with E-state index in [1.807, 2.05) is 11.0 Å². The summed E-state index contributed by atoms with van der Waals surface area (Å²) in [6.07, 6.45) is 0. The first kappa shape index (κ1) is 19.1. The molecule has 0 N–H and O–H groups in total. The van der Waals surface area contributed by atoms with Gasteiger partial charge in [0.25, 0.3) is 0 Å². The highest BCUT2D eigenvalue weighted by Gasteiger charge is 2.47. The fourth-order valence-electron chi connectivity index (χ4n) is 3.54.